The summed E-state index contributed by atoms with van der Waals surface area (Å²) < 4.78 is 0. The average molecular weight is 361 g/mol. The van der Waals surface area contributed by atoms with Crippen molar-refractivity contribution in [3.05, 3.63) is 48.0 Å². The van der Waals surface area contributed by atoms with E-state index in [9.17, 15) is 4.79 Å². The van der Waals surface area contributed by atoms with Crippen molar-refractivity contribution in [2.24, 2.45) is 5.73 Å². The molecule has 1 atom stereocenters. The van der Waals surface area contributed by atoms with Crippen LogP contribution in [-0.4, -0.2) is 22.9 Å². The van der Waals surface area contributed by atoms with Crippen LogP contribution in [0.5, 0.6) is 0 Å². The maximum Gasteiger partial charge on any atom is 0.223 e. The van der Waals surface area contributed by atoms with Gasteiger partial charge in [-0.1, -0.05) is 55.3 Å². The molecule has 0 aromatic heterocycles. The first-order chi connectivity index (χ1) is 11.6. The Kier molecular flexibility index (Phi) is 7.27. The van der Waals surface area contributed by atoms with Crippen LogP contribution in [0.25, 0.3) is 10.8 Å². The van der Waals surface area contributed by atoms with Gasteiger partial charge in [0.05, 0.1) is 0 Å². The minimum absolute atomic E-state index is 0. The molecule has 1 fully saturated rings. The predicted octanol–water partition coefficient (Wildman–Crippen LogP) is 4.66. The van der Waals surface area contributed by atoms with Crippen molar-refractivity contribution < 1.29 is 4.79 Å². The third-order valence-corrected chi connectivity index (χ3v) is 5.12. The number of rotatable bonds is 6. The van der Waals surface area contributed by atoms with Crippen LogP contribution in [0.4, 0.5) is 0 Å². The molecule has 0 bridgehead atoms. The van der Waals surface area contributed by atoms with E-state index in [1.807, 2.05) is 6.92 Å². The molecule has 1 amide bonds. The molecule has 1 unspecified atom stereocenters. The van der Waals surface area contributed by atoms with Gasteiger partial charge < -0.3 is 10.6 Å². The standard InChI is InChI=1S/C21H28N2O.ClH/c1-16(22)13-14-21(24)23(19-10-3-4-11-19)15-18-9-6-8-17-7-2-5-12-20(17)18;/h2,5-9,12,16,19H,3-4,10-11,13-15,22H2,1H3;1H. The summed E-state index contributed by atoms with van der Waals surface area (Å²) in [5.74, 6) is 0.257. The number of benzene rings is 2. The van der Waals surface area contributed by atoms with Crippen LogP contribution in [0.15, 0.2) is 42.5 Å². The molecule has 0 radical (unpaired) electrons. The molecule has 25 heavy (non-hydrogen) atoms. The van der Waals surface area contributed by atoms with Crippen molar-refractivity contribution >= 4 is 29.1 Å². The van der Waals surface area contributed by atoms with Gasteiger partial charge in [-0.3, -0.25) is 4.79 Å². The Morgan fingerprint density at radius 2 is 1.84 bits per heavy atom. The van der Waals surface area contributed by atoms with Crippen molar-refractivity contribution in [3.8, 4) is 0 Å². The van der Waals surface area contributed by atoms with Crippen LogP contribution in [0.2, 0.25) is 0 Å². The molecule has 0 spiro atoms. The second-order valence-corrected chi connectivity index (χ2v) is 7.11. The molecule has 2 N–H and O–H groups in total. The molecular formula is C21H29ClN2O. The van der Waals surface area contributed by atoms with E-state index in [-0.39, 0.29) is 24.4 Å². The van der Waals surface area contributed by atoms with Gasteiger partial charge in [-0.25, -0.2) is 0 Å². The van der Waals surface area contributed by atoms with E-state index in [2.05, 4.69) is 47.4 Å². The van der Waals surface area contributed by atoms with Crippen LogP contribution in [0.3, 0.4) is 0 Å². The lowest BCUT2D eigenvalue weighted by Gasteiger charge is -2.30. The molecule has 1 saturated carbocycles. The van der Waals surface area contributed by atoms with Gasteiger partial charge in [-0.2, -0.15) is 0 Å². The zero-order valence-corrected chi connectivity index (χ0v) is 15.8. The lowest BCUT2D eigenvalue weighted by molar-refractivity contribution is -0.134. The number of halogens is 1. The molecule has 4 heteroatoms. The Balaban J connectivity index is 0.00000225. The summed E-state index contributed by atoms with van der Waals surface area (Å²) in [5.41, 5.74) is 7.10. The molecule has 3 rings (SSSR count). The van der Waals surface area contributed by atoms with E-state index < -0.39 is 0 Å². The van der Waals surface area contributed by atoms with Crippen LogP contribution < -0.4 is 5.73 Å². The second-order valence-electron chi connectivity index (χ2n) is 7.11. The number of fused-ring (bicyclic) bond motifs is 1. The Labute approximate surface area is 157 Å². The normalized spacial score (nSPS) is 15.8. The Hall–Kier alpha value is -1.58. The smallest absolute Gasteiger partial charge is 0.223 e. The largest absolute Gasteiger partial charge is 0.335 e. The summed E-state index contributed by atoms with van der Waals surface area (Å²) >= 11 is 0. The monoisotopic (exact) mass is 360 g/mol. The lowest BCUT2D eigenvalue weighted by Crippen LogP contribution is -2.38. The van der Waals surface area contributed by atoms with Crippen LogP contribution in [0, 0.1) is 0 Å². The number of nitrogens with zero attached hydrogens (tertiary/aromatic N) is 1. The van der Waals surface area contributed by atoms with Crippen molar-refractivity contribution in [3.63, 3.8) is 0 Å². The van der Waals surface area contributed by atoms with Crippen molar-refractivity contribution in [1.82, 2.24) is 4.90 Å². The van der Waals surface area contributed by atoms with E-state index in [0.29, 0.717) is 19.0 Å². The van der Waals surface area contributed by atoms with E-state index in [1.165, 1.54) is 29.2 Å². The van der Waals surface area contributed by atoms with E-state index in [0.717, 1.165) is 19.3 Å². The van der Waals surface area contributed by atoms with Crippen molar-refractivity contribution in [2.45, 2.75) is 64.1 Å². The maximum atomic E-state index is 12.8. The summed E-state index contributed by atoms with van der Waals surface area (Å²) in [6, 6.07) is 15.3. The van der Waals surface area contributed by atoms with Gasteiger partial charge in [-0.05, 0) is 42.5 Å². The highest BCUT2D eigenvalue weighted by Crippen LogP contribution is 2.28. The lowest BCUT2D eigenvalue weighted by atomic mass is 10.0. The second kappa shape index (κ2) is 9.21. The molecule has 0 aliphatic heterocycles. The van der Waals surface area contributed by atoms with Gasteiger partial charge >= 0.3 is 0 Å². The fraction of sp³-hybridized carbons (Fsp3) is 0.476. The fourth-order valence-electron chi connectivity index (χ4n) is 3.75. The van der Waals surface area contributed by atoms with Gasteiger partial charge in [0.1, 0.15) is 0 Å². The predicted molar refractivity (Wildman–Crippen MR) is 107 cm³/mol. The molecule has 3 nitrogen and oxygen atoms in total. The average Bonchev–Trinajstić information content (AvgIpc) is 3.12. The summed E-state index contributed by atoms with van der Waals surface area (Å²) in [7, 11) is 0. The topological polar surface area (TPSA) is 46.3 Å². The number of amides is 1. The number of carbonyl (C=O) groups is 1. The molecular weight excluding hydrogens is 332 g/mol. The highest BCUT2D eigenvalue weighted by Gasteiger charge is 2.27. The van der Waals surface area contributed by atoms with Crippen molar-refractivity contribution in [2.75, 3.05) is 0 Å². The first-order valence-corrected chi connectivity index (χ1v) is 9.17. The van der Waals surface area contributed by atoms with Gasteiger partial charge in [-0.15, -0.1) is 12.4 Å². The number of nitrogens with two attached hydrogens (primary N) is 1. The summed E-state index contributed by atoms with van der Waals surface area (Å²) in [6.45, 7) is 2.68. The van der Waals surface area contributed by atoms with E-state index >= 15 is 0 Å². The summed E-state index contributed by atoms with van der Waals surface area (Å²) in [6.07, 6.45) is 6.05. The molecule has 2 aromatic carbocycles. The van der Waals surface area contributed by atoms with Crippen molar-refractivity contribution in [1.29, 1.82) is 0 Å². The zero-order chi connectivity index (χ0) is 16.9. The SMILES string of the molecule is CC(N)CCC(=O)N(Cc1cccc2ccccc12)C1CCCC1.Cl. The summed E-state index contributed by atoms with van der Waals surface area (Å²) in [5, 5.41) is 2.49. The number of hydrogen-bond acceptors (Lipinski definition) is 2. The minimum atomic E-state index is 0. The molecule has 1 aliphatic rings. The first-order valence-electron chi connectivity index (χ1n) is 9.17. The van der Waals surface area contributed by atoms with Gasteiger partial charge in [0.25, 0.3) is 0 Å². The highest BCUT2D eigenvalue weighted by atomic mass is 35.5. The Bertz CT molecular complexity index is 690. The molecule has 136 valence electrons. The quantitative estimate of drug-likeness (QED) is 0.814. The minimum Gasteiger partial charge on any atom is -0.335 e. The number of hydrogen-bond donors (Lipinski definition) is 1. The fourth-order valence-corrected chi connectivity index (χ4v) is 3.75. The third kappa shape index (κ3) is 4.96. The molecule has 2 aromatic rings. The van der Waals surface area contributed by atoms with Gasteiger partial charge in [0.15, 0.2) is 0 Å². The van der Waals surface area contributed by atoms with Crippen LogP contribution in [-0.2, 0) is 11.3 Å². The van der Waals surface area contributed by atoms with E-state index in [4.69, 9.17) is 5.73 Å². The van der Waals surface area contributed by atoms with Gasteiger partial charge in [0, 0.05) is 25.0 Å². The molecule has 0 saturated heterocycles. The van der Waals surface area contributed by atoms with E-state index in [1.54, 1.807) is 0 Å². The third-order valence-electron chi connectivity index (χ3n) is 5.12. The Morgan fingerprint density at radius 1 is 1.16 bits per heavy atom. The molecule has 1 aliphatic carbocycles. The summed E-state index contributed by atoms with van der Waals surface area (Å²) in [4.78, 5) is 15.0. The first kappa shape index (κ1) is 19.7. The highest BCUT2D eigenvalue weighted by molar-refractivity contribution is 5.86. The number of carbonyl (C=O) groups excluding carboxylic acids is 1. The zero-order valence-electron chi connectivity index (χ0n) is 15.0. The maximum absolute atomic E-state index is 12.8. The van der Waals surface area contributed by atoms with Gasteiger partial charge in [0.2, 0.25) is 5.91 Å². The Morgan fingerprint density at radius 3 is 2.56 bits per heavy atom. The van der Waals surface area contributed by atoms with Crippen LogP contribution >= 0.6 is 12.4 Å². The van der Waals surface area contributed by atoms with Crippen LogP contribution in [0.1, 0.15) is 51.0 Å². The molecule has 0 heterocycles.